The van der Waals surface area contributed by atoms with Crippen LogP contribution in [0.2, 0.25) is 0 Å². The molecule has 0 aliphatic heterocycles. The van der Waals surface area contributed by atoms with Crippen LogP contribution in [0.5, 0.6) is 0 Å². The van der Waals surface area contributed by atoms with Crippen LogP contribution in [0.15, 0.2) is 41.9 Å². The number of nitrogens with two attached hydrogens (primary N) is 1. The van der Waals surface area contributed by atoms with E-state index in [1.165, 1.54) is 28.4 Å². The summed E-state index contributed by atoms with van der Waals surface area (Å²) in [6, 6.07) is -0.328. The summed E-state index contributed by atoms with van der Waals surface area (Å²) in [6.07, 6.45) is 6.39. The lowest BCUT2D eigenvalue weighted by Gasteiger charge is -2.17. The number of rotatable bonds is 4. The molecule has 8 heteroatoms. The first-order valence-electron chi connectivity index (χ1n) is 8.07. The van der Waals surface area contributed by atoms with Crippen LogP contribution < -0.4 is 11.1 Å². The summed E-state index contributed by atoms with van der Waals surface area (Å²) in [5.41, 5.74) is 8.18. The largest absolute Gasteiger partial charge is 0.387 e. The number of nitrogens with zero attached hydrogens (tertiary/aromatic N) is 4. The molecule has 26 heavy (non-hydrogen) atoms. The first kappa shape index (κ1) is 19.6. The predicted octanol–water partition coefficient (Wildman–Crippen LogP) is 4.05. The summed E-state index contributed by atoms with van der Waals surface area (Å²) in [7, 11) is 0. The van der Waals surface area contributed by atoms with E-state index >= 15 is 0 Å². The van der Waals surface area contributed by atoms with Crippen LogP contribution in [0.1, 0.15) is 38.3 Å². The Bertz CT molecular complexity index is 868. The molecule has 0 bridgehead atoms. The minimum absolute atomic E-state index is 0.259. The Balaban J connectivity index is 2.37. The van der Waals surface area contributed by atoms with E-state index in [2.05, 4.69) is 26.9 Å². The zero-order valence-electron chi connectivity index (χ0n) is 15.7. The number of thiazole rings is 1. The molecule has 0 spiro atoms. The maximum atomic E-state index is 12.2. The average molecular weight is 372 g/mol. The monoisotopic (exact) mass is 372 g/mol. The lowest BCUT2D eigenvalue weighted by atomic mass is 9.95. The molecule has 0 radical (unpaired) electrons. The molecule has 1 amide bonds. The van der Waals surface area contributed by atoms with Gasteiger partial charge in [-0.15, -0.1) is 0 Å². The number of hydrogen-bond acceptors (Lipinski definition) is 5. The van der Waals surface area contributed by atoms with Crippen molar-refractivity contribution in [1.29, 1.82) is 0 Å². The summed E-state index contributed by atoms with van der Waals surface area (Å²) < 4.78 is 1.34. The van der Waals surface area contributed by atoms with Crippen LogP contribution in [-0.4, -0.2) is 26.4 Å². The number of aromatic nitrogens is 3. The first-order chi connectivity index (χ1) is 12.1. The second-order valence-electron chi connectivity index (χ2n) is 6.96. The normalized spacial score (nSPS) is 13.0. The molecule has 2 aromatic rings. The van der Waals surface area contributed by atoms with E-state index in [1.807, 2.05) is 40.7 Å². The lowest BCUT2D eigenvalue weighted by Crippen LogP contribution is -2.28. The Morgan fingerprint density at radius 1 is 1.46 bits per heavy atom. The van der Waals surface area contributed by atoms with Crippen molar-refractivity contribution in [2.45, 2.75) is 34.6 Å². The van der Waals surface area contributed by atoms with Gasteiger partial charge in [0.1, 0.15) is 12.2 Å². The Labute approximate surface area is 157 Å². The van der Waals surface area contributed by atoms with Gasteiger partial charge in [0.15, 0.2) is 5.13 Å². The van der Waals surface area contributed by atoms with Crippen molar-refractivity contribution in [3.63, 3.8) is 0 Å². The summed E-state index contributed by atoms with van der Waals surface area (Å²) in [5, 5.41) is 3.24. The van der Waals surface area contributed by atoms with Gasteiger partial charge in [-0.2, -0.15) is 0 Å². The van der Waals surface area contributed by atoms with Crippen molar-refractivity contribution in [2.75, 3.05) is 5.32 Å². The molecular formula is C18H24N6OS. The van der Waals surface area contributed by atoms with Crippen LogP contribution in [0, 0.1) is 12.3 Å². The third-order valence-electron chi connectivity index (χ3n) is 3.37. The van der Waals surface area contributed by atoms with E-state index in [9.17, 15) is 4.79 Å². The smallest absolute Gasteiger partial charge is 0.333 e. The summed E-state index contributed by atoms with van der Waals surface area (Å²) in [4.78, 5) is 25.9. The molecule has 2 heterocycles. The van der Waals surface area contributed by atoms with Gasteiger partial charge in [0, 0.05) is 17.8 Å². The minimum Gasteiger partial charge on any atom is -0.387 e. The standard InChI is InChI=1S/C18H24N6OS/c1-11(2)9-13(22-15(19)18(4,5)6)14-12(3)21-16(26-14)23-17(25)24-8-7-20-10-24/h7-10H,1H2,2-6H3,(H2,19,22)(H,21,23,25)/b13-9-. The highest BCUT2D eigenvalue weighted by Crippen LogP contribution is 2.32. The molecular weight excluding hydrogens is 348 g/mol. The fraction of sp³-hybridized carbons (Fsp3) is 0.333. The van der Waals surface area contributed by atoms with Gasteiger partial charge in [-0.05, 0) is 19.9 Å². The van der Waals surface area contributed by atoms with Gasteiger partial charge in [0.25, 0.3) is 0 Å². The molecule has 0 saturated carbocycles. The number of amidine groups is 1. The van der Waals surface area contributed by atoms with Gasteiger partial charge in [-0.3, -0.25) is 9.88 Å². The Kier molecular flexibility index (Phi) is 5.76. The second-order valence-corrected chi connectivity index (χ2v) is 7.96. The number of carbonyl (C=O) groups excluding carboxylic acids is 1. The quantitative estimate of drug-likeness (QED) is 0.480. The number of amides is 1. The summed E-state index contributed by atoms with van der Waals surface area (Å²) in [5.74, 6) is 0.516. The van der Waals surface area contributed by atoms with Crippen LogP contribution >= 0.6 is 11.3 Å². The molecule has 0 atom stereocenters. The van der Waals surface area contributed by atoms with Gasteiger partial charge >= 0.3 is 6.03 Å². The first-order valence-corrected chi connectivity index (χ1v) is 8.88. The van der Waals surface area contributed by atoms with Crippen molar-refractivity contribution < 1.29 is 4.79 Å². The Hall–Kier alpha value is -2.74. The fourth-order valence-electron chi connectivity index (χ4n) is 1.90. The average Bonchev–Trinajstić information content (AvgIpc) is 3.14. The summed E-state index contributed by atoms with van der Waals surface area (Å²) >= 11 is 1.34. The zero-order chi connectivity index (χ0) is 19.5. The topological polar surface area (TPSA) is 98.2 Å². The molecule has 3 N–H and O–H groups in total. The number of carbonyl (C=O) groups is 1. The van der Waals surface area contributed by atoms with Gasteiger partial charge in [-0.25, -0.2) is 19.8 Å². The van der Waals surface area contributed by atoms with Crippen LogP contribution in [-0.2, 0) is 0 Å². The van der Waals surface area contributed by atoms with Crippen LogP contribution in [0.25, 0.3) is 5.70 Å². The third kappa shape index (κ3) is 4.89. The molecule has 0 aromatic carbocycles. The van der Waals surface area contributed by atoms with E-state index in [0.29, 0.717) is 16.7 Å². The van der Waals surface area contributed by atoms with Gasteiger partial charge in [0.2, 0.25) is 0 Å². The summed E-state index contributed by atoms with van der Waals surface area (Å²) in [6.45, 7) is 13.7. The Morgan fingerprint density at radius 2 is 2.15 bits per heavy atom. The van der Waals surface area contributed by atoms with E-state index in [0.717, 1.165) is 16.1 Å². The number of hydrogen-bond donors (Lipinski definition) is 2. The van der Waals surface area contributed by atoms with Crippen molar-refractivity contribution in [1.82, 2.24) is 14.5 Å². The number of anilines is 1. The van der Waals surface area contributed by atoms with Crippen molar-refractivity contribution >= 4 is 34.0 Å². The molecule has 2 aromatic heterocycles. The molecule has 7 nitrogen and oxygen atoms in total. The highest BCUT2D eigenvalue weighted by molar-refractivity contribution is 7.17. The van der Waals surface area contributed by atoms with Crippen molar-refractivity contribution in [3.05, 3.63) is 47.5 Å². The highest BCUT2D eigenvalue weighted by atomic mass is 32.1. The highest BCUT2D eigenvalue weighted by Gasteiger charge is 2.19. The predicted molar refractivity (Wildman–Crippen MR) is 107 cm³/mol. The fourth-order valence-corrected chi connectivity index (χ4v) is 2.82. The molecule has 0 aliphatic carbocycles. The zero-order valence-corrected chi connectivity index (χ0v) is 16.5. The van der Waals surface area contributed by atoms with E-state index in [4.69, 9.17) is 5.73 Å². The second kappa shape index (κ2) is 7.65. The van der Waals surface area contributed by atoms with Crippen LogP contribution in [0.4, 0.5) is 9.93 Å². The number of allylic oxidation sites excluding steroid dienone is 2. The SMILES string of the molecule is C=C(C)/C=C(\N=C(N)C(C)(C)C)c1sc(NC(=O)n2ccnc2)nc1C. The molecule has 0 aliphatic rings. The van der Waals surface area contributed by atoms with Gasteiger partial charge < -0.3 is 5.73 Å². The number of aliphatic imine (C=N–C) groups is 1. The van der Waals surface area contributed by atoms with Gasteiger partial charge in [0.05, 0.1) is 16.3 Å². The van der Waals surface area contributed by atoms with E-state index in [-0.39, 0.29) is 11.4 Å². The van der Waals surface area contributed by atoms with E-state index < -0.39 is 0 Å². The molecule has 0 saturated heterocycles. The molecule has 138 valence electrons. The maximum Gasteiger partial charge on any atom is 0.333 e. The van der Waals surface area contributed by atoms with Crippen molar-refractivity contribution in [2.24, 2.45) is 16.1 Å². The number of aryl methyl sites for hydroxylation is 1. The number of nitrogens with one attached hydrogen (secondary N) is 1. The molecule has 0 fully saturated rings. The Morgan fingerprint density at radius 3 is 2.69 bits per heavy atom. The molecule has 0 unspecified atom stereocenters. The third-order valence-corrected chi connectivity index (χ3v) is 4.47. The molecule has 2 rings (SSSR count). The minimum atomic E-state index is -0.328. The number of imidazole rings is 1. The van der Waals surface area contributed by atoms with Crippen molar-refractivity contribution in [3.8, 4) is 0 Å². The van der Waals surface area contributed by atoms with E-state index in [1.54, 1.807) is 6.20 Å². The van der Waals surface area contributed by atoms with Gasteiger partial charge in [-0.1, -0.05) is 44.3 Å². The lowest BCUT2D eigenvalue weighted by molar-refractivity contribution is 0.253. The maximum absolute atomic E-state index is 12.2. The van der Waals surface area contributed by atoms with Crippen LogP contribution in [0.3, 0.4) is 0 Å².